The number of aromatic carboxylic acids is 1. The Bertz CT molecular complexity index is 442. The van der Waals surface area contributed by atoms with Crippen molar-refractivity contribution in [1.29, 1.82) is 0 Å². The zero-order valence-corrected chi connectivity index (χ0v) is 7.76. The van der Waals surface area contributed by atoms with Gasteiger partial charge < -0.3 is 10.4 Å². The first-order valence-electron chi connectivity index (χ1n) is 3.93. The van der Waals surface area contributed by atoms with Gasteiger partial charge in [0, 0.05) is 16.3 Å². The number of rotatable bonds is 1. The average Bonchev–Trinajstić information content (AvgIpc) is 2.45. The molecule has 1 aliphatic rings. The van der Waals surface area contributed by atoms with Crippen LogP contribution >= 0.6 is 11.6 Å². The first-order valence-corrected chi connectivity index (χ1v) is 4.31. The summed E-state index contributed by atoms with van der Waals surface area (Å²) in [6.45, 7) is 0. The van der Waals surface area contributed by atoms with E-state index in [1.54, 1.807) is 0 Å². The Kier molecular flexibility index (Phi) is 1.93. The van der Waals surface area contributed by atoms with E-state index in [9.17, 15) is 9.59 Å². The molecule has 2 N–H and O–H groups in total. The number of anilines is 1. The topological polar surface area (TPSA) is 66.4 Å². The number of carbonyl (C=O) groups is 2. The van der Waals surface area contributed by atoms with Crippen molar-refractivity contribution in [3.63, 3.8) is 0 Å². The number of halogens is 1. The highest BCUT2D eigenvalue weighted by atomic mass is 35.5. The molecule has 1 heterocycles. The Labute approximate surface area is 84.5 Å². The van der Waals surface area contributed by atoms with Crippen molar-refractivity contribution in [2.75, 3.05) is 5.32 Å². The van der Waals surface area contributed by atoms with Crippen LogP contribution in [0.1, 0.15) is 15.9 Å². The standard InChI is InChI=1S/C9H6ClNO3/c10-6-1-4(9(13)14)2-7-5(6)3-8(12)11-7/h1-2H,3H2,(H,11,12)(H,13,14). The van der Waals surface area contributed by atoms with Gasteiger partial charge in [0.05, 0.1) is 12.0 Å². The highest BCUT2D eigenvalue weighted by molar-refractivity contribution is 6.33. The van der Waals surface area contributed by atoms with Gasteiger partial charge in [-0.3, -0.25) is 4.79 Å². The van der Waals surface area contributed by atoms with Crippen LogP contribution in [0, 0.1) is 0 Å². The number of hydrogen-bond acceptors (Lipinski definition) is 2. The molecule has 0 saturated carbocycles. The number of carboxylic acid groups (broad SMARTS) is 1. The maximum atomic E-state index is 11.0. The van der Waals surface area contributed by atoms with E-state index in [-0.39, 0.29) is 17.9 Å². The number of benzene rings is 1. The highest BCUT2D eigenvalue weighted by Gasteiger charge is 2.22. The molecular formula is C9H6ClNO3. The fourth-order valence-electron chi connectivity index (χ4n) is 1.41. The highest BCUT2D eigenvalue weighted by Crippen LogP contribution is 2.31. The maximum absolute atomic E-state index is 11.0. The van der Waals surface area contributed by atoms with Gasteiger partial charge in [0.2, 0.25) is 5.91 Å². The lowest BCUT2D eigenvalue weighted by molar-refractivity contribution is -0.115. The molecule has 0 bridgehead atoms. The van der Waals surface area contributed by atoms with Gasteiger partial charge in [-0.15, -0.1) is 0 Å². The zero-order valence-electron chi connectivity index (χ0n) is 7.00. The van der Waals surface area contributed by atoms with Gasteiger partial charge in [0.25, 0.3) is 0 Å². The van der Waals surface area contributed by atoms with Crippen molar-refractivity contribution in [2.45, 2.75) is 6.42 Å². The molecule has 1 aromatic rings. The fourth-order valence-corrected chi connectivity index (χ4v) is 1.69. The molecule has 4 nitrogen and oxygen atoms in total. The number of nitrogens with one attached hydrogen (secondary N) is 1. The lowest BCUT2D eigenvalue weighted by atomic mass is 10.1. The van der Waals surface area contributed by atoms with Crippen LogP contribution in [0.2, 0.25) is 5.02 Å². The zero-order chi connectivity index (χ0) is 10.3. The molecule has 1 aliphatic heterocycles. The summed E-state index contributed by atoms with van der Waals surface area (Å²) in [4.78, 5) is 21.7. The summed E-state index contributed by atoms with van der Waals surface area (Å²) in [6.07, 6.45) is 0.216. The predicted octanol–water partition coefficient (Wildman–Crippen LogP) is 1.53. The van der Waals surface area contributed by atoms with Crippen LogP contribution in [0.15, 0.2) is 12.1 Å². The number of carbonyl (C=O) groups excluding carboxylic acids is 1. The molecule has 14 heavy (non-hydrogen) atoms. The van der Waals surface area contributed by atoms with Crippen molar-refractivity contribution < 1.29 is 14.7 Å². The summed E-state index contributed by atoms with van der Waals surface area (Å²) in [5, 5.41) is 11.6. The second-order valence-electron chi connectivity index (χ2n) is 3.01. The van der Waals surface area contributed by atoms with Gasteiger partial charge in [0.15, 0.2) is 0 Å². The third-order valence-corrected chi connectivity index (χ3v) is 2.39. The van der Waals surface area contributed by atoms with E-state index in [4.69, 9.17) is 16.7 Å². The van der Waals surface area contributed by atoms with Crippen molar-refractivity contribution in [3.05, 3.63) is 28.3 Å². The van der Waals surface area contributed by atoms with E-state index in [0.717, 1.165) is 0 Å². The summed E-state index contributed by atoms with van der Waals surface area (Å²) in [6, 6.07) is 2.76. The minimum Gasteiger partial charge on any atom is -0.478 e. The van der Waals surface area contributed by atoms with Crippen molar-refractivity contribution in [1.82, 2.24) is 0 Å². The first kappa shape index (κ1) is 9.02. The lowest BCUT2D eigenvalue weighted by Crippen LogP contribution is -2.04. The monoisotopic (exact) mass is 211 g/mol. The molecule has 0 aliphatic carbocycles. The molecule has 1 aromatic carbocycles. The van der Waals surface area contributed by atoms with Crippen LogP contribution in [0.25, 0.3) is 0 Å². The SMILES string of the molecule is O=C1Cc2c(Cl)cc(C(=O)O)cc2N1. The van der Waals surface area contributed by atoms with Crippen molar-refractivity contribution in [2.24, 2.45) is 0 Å². The molecule has 0 fully saturated rings. The van der Waals surface area contributed by atoms with Crippen LogP contribution < -0.4 is 5.32 Å². The van der Waals surface area contributed by atoms with E-state index in [2.05, 4.69) is 5.32 Å². The Morgan fingerprint density at radius 2 is 2.21 bits per heavy atom. The van der Waals surface area contributed by atoms with Gasteiger partial charge in [-0.05, 0) is 12.1 Å². The molecule has 0 spiro atoms. The van der Waals surface area contributed by atoms with E-state index in [1.807, 2.05) is 0 Å². The van der Waals surface area contributed by atoms with Crippen LogP contribution in [0.5, 0.6) is 0 Å². The van der Waals surface area contributed by atoms with E-state index >= 15 is 0 Å². The van der Waals surface area contributed by atoms with Gasteiger partial charge in [0.1, 0.15) is 0 Å². The Balaban J connectivity index is 2.56. The van der Waals surface area contributed by atoms with Crippen LogP contribution in [-0.4, -0.2) is 17.0 Å². The van der Waals surface area contributed by atoms with Gasteiger partial charge in [-0.25, -0.2) is 4.79 Å². The summed E-state index contributed by atoms with van der Waals surface area (Å²) in [7, 11) is 0. The number of amides is 1. The molecule has 1 amide bonds. The number of hydrogen-bond donors (Lipinski definition) is 2. The molecule has 2 rings (SSSR count). The van der Waals surface area contributed by atoms with Gasteiger partial charge >= 0.3 is 5.97 Å². The first-order chi connectivity index (χ1) is 6.58. The van der Waals surface area contributed by atoms with E-state index < -0.39 is 5.97 Å². The smallest absolute Gasteiger partial charge is 0.335 e. The Morgan fingerprint density at radius 1 is 1.50 bits per heavy atom. The molecule has 0 radical (unpaired) electrons. The van der Waals surface area contributed by atoms with Crippen LogP contribution in [-0.2, 0) is 11.2 Å². The molecule has 72 valence electrons. The third kappa shape index (κ3) is 1.33. The average molecular weight is 212 g/mol. The Hall–Kier alpha value is -1.55. The number of carboxylic acids is 1. The van der Waals surface area contributed by atoms with E-state index in [0.29, 0.717) is 16.3 Å². The minimum absolute atomic E-state index is 0.0796. The lowest BCUT2D eigenvalue weighted by Gasteiger charge is -2.02. The number of fused-ring (bicyclic) bond motifs is 1. The quantitative estimate of drug-likeness (QED) is 0.740. The largest absolute Gasteiger partial charge is 0.478 e. The molecule has 0 saturated heterocycles. The summed E-state index contributed by atoms with van der Waals surface area (Å²) < 4.78 is 0. The molecule has 0 unspecified atom stereocenters. The van der Waals surface area contributed by atoms with Gasteiger partial charge in [-0.1, -0.05) is 11.6 Å². The van der Waals surface area contributed by atoms with E-state index in [1.165, 1.54) is 12.1 Å². The van der Waals surface area contributed by atoms with Crippen molar-refractivity contribution >= 4 is 29.2 Å². The summed E-state index contributed by atoms with van der Waals surface area (Å²) >= 11 is 5.83. The van der Waals surface area contributed by atoms with Crippen LogP contribution in [0.3, 0.4) is 0 Å². The second kappa shape index (κ2) is 2.99. The molecule has 5 heteroatoms. The maximum Gasteiger partial charge on any atom is 0.335 e. The predicted molar refractivity (Wildman–Crippen MR) is 50.7 cm³/mol. The Morgan fingerprint density at radius 3 is 2.86 bits per heavy atom. The molecule has 0 aromatic heterocycles. The fraction of sp³-hybridized carbons (Fsp3) is 0.111. The summed E-state index contributed by atoms with van der Waals surface area (Å²) in [5.41, 5.74) is 1.25. The van der Waals surface area contributed by atoms with Crippen molar-refractivity contribution in [3.8, 4) is 0 Å². The summed E-state index contributed by atoms with van der Waals surface area (Å²) in [5.74, 6) is -1.22. The second-order valence-corrected chi connectivity index (χ2v) is 3.42. The minimum atomic E-state index is -1.06. The normalized spacial score (nSPS) is 13.6. The molecule has 0 atom stereocenters. The third-order valence-electron chi connectivity index (χ3n) is 2.05. The van der Waals surface area contributed by atoms with Crippen LogP contribution in [0.4, 0.5) is 5.69 Å². The van der Waals surface area contributed by atoms with Gasteiger partial charge in [-0.2, -0.15) is 0 Å². The molecular weight excluding hydrogens is 206 g/mol.